The molecule has 2 aliphatic rings. The van der Waals surface area contributed by atoms with Crippen molar-refractivity contribution in [3.63, 3.8) is 0 Å². The summed E-state index contributed by atoms with van der Waals surface area (Å²) in [6.07, 6.45) is 3.25. The molecule has 0 aliphatic carbocycles. The van der Waals surface area contributed by atoms with Gasteiger partial charge in [-0.1, -0.05) is 6.07 Å². The van der Waals surface area contributed by atoms with Crippen molar-refractivity contribution < 1.29 is 23.4 Å². The summed E-state index contributed by atoms with van der Waals surface area (Å²) in [5.74, 6) is -0.773. The molecular weight excluding hydrogens is 374 g/mol. The number of hydrogen-bond acceptors (Lipinski definition) is 6. The maximum atomic E-state index is 11.9. The van der Waals surface area contributed by atoms with E-state index < -0.39 is 16.1 Å². The van der Waals surface area contributed by atoms with Crippen LogP contribution in [0.15, 0.2) is 30.3 Å². The number of rotatable bonds is 5. The molecule has 0 unspecified atom stereocenters. The average Bonchev–Trinajstić information content (AvgIpc) is 2.88. The van der Waals surface area contributed by atoms with Gasteiger partial charge in [0.15, 0.2) is 0 Å². The first-order chi connectivity index (χ1) is 12.8. The molecular formula is C16H23N5O5S. The highest BCUT2D eigenvalue weighted by Gasteiger charge is 2.30. The largest absolute Gasteiger partial charge is 0.506 e. The summed E-state index contributed by atoms with van der Waals surface area (Å²) in [4.78, 5) is 11.9. The maximum absolute atomic E-state index is 11.9. The van der Waals surface area contributed by atoms with Crippen LogP contribution in [-0.2, 0) is 16.6 Å². The van der Waals surface area contributed by atoms with E-state index in [9.17, 15) is 23.4 Å². The fourth-order valence-electron chi connectivity index (χ4n) is 3.02. The number of amides is 2. The summed E-state index contributed by atoms with van der Waals surface area (Å²) >= 11 is 0. The van der Waals surface area contributed by atoms with Crippen LogP contribution in [0, 0.1) is 0 Å². The van der Waals surface area contributed by atoms with Gasteiger partial charge in [-0.05, 0) is 50.0 Å². The van der Waals surface area contributed by atoms with Crippen molar-refractivity contribution in [3.8, 4) is 5.75 Å². The molecule has 1 fully saturated rings. The molecule has 2 heterocycles. The van der Waals surface area contributed by atoms with E-state index in [1.54, 1.807) is 6.07 Å². The van der Waals surface area contributed by atoms with Gasteiger partial charge in [0.1, 0.15) is 11.4 Å². The molecule has 1 aromatic rings. The molecule has 0 radical (unpaired) electrons. The van der Waals surface area contributed by atoms with Crippen molar-refractivity contribution in [1.82, 2.24) is 20.7 Å². The summed E-state index contributed by atoms with van der Waals surface area (Å²) in [6.45, 7) is 2.16. The number of carbonyl (C=O) groups is 1. The lowest BCUT2D eigenvalue weighted by atomic mass is 10.1. The predicted octanol–water partition coefficient (Wildman–Crippen LogP) is -0.00280. The van der Waals surface area contributed by atoms with Crippen molar-refractivity contribution in [2.24, 2.45) is 0 Å². The molecule has 2 amide bonds. The lowest BCUT2D eigenvalue weighted by Gasteiger charge is -2.23. The highest BCUT2D eigenvalue weighted by atomic mass is 32.2. The SMILES string of the molecule is O=C(NCCc1ccc(N2C=C(O)NS2(=O)=O)c(O)c1)NC1CCNCC1. The van der Waals surface area contributed by atoms with Gasteiger partial charge in [0.2, 0.25) is 5.88 Å². The van der Waals surface area contributed by atoms with Crippen LogP contribution in [0.1, 0.15) is 18.4 Å². The van der Waals surface area contributed by atoms with Crippen LogP contribution in [0.5, 0.6) is 5.75 Å². The fraction of sp³-hybridized carbons (Fsp3) is 0.438. The third-order valence-corrected chi connectivity index (χ3v) is 5.67. The first kappa shape index (κ1) is 19.1. The van der Waals surface area contributed by atoms with E-state index in [-0.39, 0.29) is 23.5 Å². The molecule has 0 spiro atoms. The number of aliphatic hydroxyl groups is 1. The monoisotopic (exact) mass is 397 g/mol. The summed E-state index contributed by atoms with van der Waals surface area (Å²) in [7, 11) is -3.96. The minimum absolute atomic E-state index is 0.0203. The maximum Gasteiger partial charge on any atom is 0.330 e. The van der Waals surface area contributed by atoms with Gasteiger partial charge in [-0.15, -0.1) is 0 Å². The van der Waals surface area contributed by atoms with E-state index in [2.05, 4.69) is 16.0 Å². The summed E-state index contributed by atoms with van der Waals surface area (Å²) in [6, 6.07) is 4.47. The van der Waals surface area contributed by atoms with Gasteiger partial charge in [0, 0.05) is 12.6 Å². The quantitative estimate of drug-likeness (QED) is 0.413. The number of urea groups is 1. The molecule has 1 saturated heterocycles. The number of anilines is 1. The topological polar surface area (TPSA) is 143 Å². The van der Waals surface area contributed by atoms with Gasteiger partial charge < -0.3 is 26.2 Å². The molecule has 10 nitrogen and oxygen atoms in total. The Balaban J connectivity index is 1.53. The molecule has 3 rings (SSSR count). The zero-order chi connectivity index (χ0) is 19.4. The van der Waals surface area contributed by atoms with Gasteiger partial charge in [0.25, 0.3) is 0 Å². The van der Waals surface area contributed by atoms with Crippen molar-refractivity contribution in [2.45, 2.75) is 25.3 Å². The normalized spacial score (nSPS) is 19.3. The lowest BCUT2D eigenvalue weighted by molar-refractivity contribution is 0.233. The zero-order valence-electron chi connectivity index (χ0n) is 14.6. The number of nitrogens with one attached hydrogen (secondary N) is 4. The molecule has 11 heteroatoms. The lowest BCUT2D eigenvalue weighted by Crippen LogP contribution is -2.47. The van der Waals surface area contributed by atoms with Gasteiger partial charge in [-0.25, -0.2) is 13.8 Å². The van der Waals surface area contributed by atoms with E-state index in [4.69, 9.17) is 0 Å². The second-order valence-corrected chi connectivity index (χ2v) is 7.96. The highest BCUT2D eigenvalue weighted by Crippen LogP contribution is 2.32. The number of aromatic hydroxyl groups is 1. The van der Waals surface area contributed by atoms with Crippen LogP contribution in [0.2, 0.25) is 0 Å². The first-order valence-electron chi connectivity index (χ1n) is 8.65. The summed E-state index contributed by atoms with van der Waals surface area (Å²) in [5, 5.41) is 28.4. The van der Waals surface area contributed by atoms with Crippen LogP contribution in [0.3, 0.4) is 0 Å². The molecule has 0 atom stereocenters. The molecule has 0 aromatic heterocycles. The molecule has 1 aromatic carbocycles. The van der Waals surface area contributed by atoms with E-state index in [0.29, 0.717) is 13.0 Å². The number of phenolic OH excluding ortho intramolecular Hbond substituents is 1. The Morgan fingerprint density at radius 3 is 2.63 bits per heavy atom. The van der Waals surface area contributed by atoms with Crippen molar-refractivity contribution in [1.29, 1.82) is 0 Å². The van der Waals surface area contributed by atoms with Crippen molar-refractivity contribution in [3.05, 3.63) is 35.8 Å². The van der Waals surface area contributed by atoms with E-state index >= 15 is 0 Å². The number of piperidine rings is 1. The van der Waals surface area contributed by atoms with Crippen LogP contribution in [0.25, 0.3) is 0 Å². The Kier molecular flexibility index (Phi) is 5.61. The van der Waals surface area contributed by atoms with Crippen molar-refractivity contribution in [2.75, 3.05) is 23.9 Å². The minimum atomic E-state index is -3.96. The second kappa shape index (κ2) is 7.92. The number of hydrogen-bond donors (Lipinski definition) is 6. The summed E-state index contributed by atoms with van der Waals surface area (Å²) in [5.41, 5.74) is 0.753. The Hall–Kier alpha value is -2.66. The van der Waals surface area contributed by atoms with Crippen LogP contribution in [0.4, 0.5) is 10.5 Å². The standard InChI is InChI=1S/C16H23N5O5S/c22-14-9-11(1-2-13(14)21-10-15(23)20-27(21,25)26)3-8-18-16(24)19-12-4-6-17-7-5-12/h1-2,9-10,12,17,20,22-23H,3-8H2,(H2,18,19,24). The molecule has 27 heavy (non-hydrogen) atoms. The molecule has 0 bridgehead atoms. The highest BCUT2D eigenvalue weighted by molar-refractivity contribution is 7.91. The smallest absolute Gasteiger partial charge is 0.330 e. The second-order valence-electron chi connectivity index (χ2n) is 6.41. The first-order valence-corrected chi connectivity index (χ1v) is 10.1. The number of nitrogens with zero attached hydrogens (tertiary/aromatic N) is 1. The fourth-order valence-corrected chi connectivity index (χ4v) is 4.09. The molecule has 2 aliphatic heterocycles. The van der Waals surface area contributed by atoms with Crippen molar-refractivity contribution >= 4 is 21.9 Å². The van der Waals surface area contributed by atoms with Gasteiger partial charge in [0.05, 0.1) is 6.20 Å². The predicted molar refractivity (Wildman–Crippen MR) is 99.5 cm³/mol. The third-order valence-electron chi connectivity index (χ3n) is 4.38. The molecule has 148 valence electrons. The number of benzene rings is 1. The average molecular weight is 397 g/mol. The Labute approximate surface area is 157 Å². The Bertz CT molecular complexity index is 836. The van der Waals surface area contributed by atoms with Crippen LogP contribution < -0.4 is 25.0 Å². The number of phenols is 1. The van der Waals surface area contributed by atoms with Crippen LogP contribution in [-0.4, -0.2) is 50.3 Å². The van der Waals surface area contributed by atoms with Gasteiger partial charge in [-0.2, -0.15) is 8.42 Å². The third kappa shape index (κ3) is 4.74. The molecule has 6 N–H and O–H groups in total. The number of carbonyl (C=O) groups excluding carboxylic acids is 1. The minimum Gasteiger partial charge on any atom is -0.506 e. The van der Waals surface area contributed by atoms with Gasteiger partial charge >= 0.3 is 16.2 Å². The van der Waals surface area contributed by atoms with Gasteiger partial charge in [-0.3, -0.25) is 0 Å². The van der Waals surface area contributed by atoms with E-state index in [1.165, 1.54) is 12.1 Å². The Morgan fingerprint density at radius 1 is 1.26 bits per heavy atom. The van der Waals surface area contributed by atoms with E-state index in [0.717, 1.165) is 42.0 Å². The van der Waals surface area contributed by atoms with Crippen LogP contribution >= 0.6 is 0 Å². The zero-order valence-corrected chi connectivity index (χ0v) is 15.4. The molecule has 0 saturated carbocycles. The Morgan fingerprint density at radius 2 is 2.00 bits per heavy atom. The number of aliphatic hydroxyl groups excluding tert-OH is 1. The summed E-state index contributed by atoms with van der Waals surface area (Å²) < 4.78 is 26.4. The van der Waals surface area contributed by atoms with E-state index in [1.807, 2.05) is 4.72 Å².